The van der Waals surface area contributed by atoms with Gasteiger partial charge in [-0.15, -0.1) is 11.3 Å². The summed E-state index contributed by atoms with van der Waals surface area (Å²) in [6, 6.07) is 0. The van der Waals surface area contributed by atoms with Gasteiger partial charge in [-0.2, -0.15) is 0 Å². The molecule has 1 aromatic rings. The Morgan fingerprint density at radius 1 is 1.59 bits per heavy atom. The van der Waals surface area contributed by atoms with Gasteiger partial charge in [-0.1, -0.05) is 13.8 Å². The molecule has 0 aliphatic carbocycles. The number of nitrogens with zero attached hydrogens (tertiary/aromatic N) is 1. The van der Waals surface area contributed by atoms with E-state index in [4.69, 9.17) is 5.73 Å². The van der Waals surface area contributed by atoms with Gasteiger partial charge in [0.1, 0.15) is 0 Å². The van der Waals surface area contributed by atoms with Crippen molar-refractivity contribution in [2.75, 3.05) is 11.9 Å². The summed E-state index contributed by atoms with van der Waals surface area (Å²) in [4.78, 5) is 17.0. The molecule has 1 heterocycles. The SMILES string of the molecule is Cc1cnc(NC(=O)C[C@@H](CN)CC(C)C)s1. The van der Waals surface area contributed by atoms with E-state index in [9.17, 15) is 4.79 Å². The van der Waals surface area contributed by atoms with Gasteiger partial charge >= 0.3 is 0 Å². The third kappa shape index (κ3) is 5.28. The van der Waals surface area contributed by atoms with E-state index < -0.39 is 0 Å². The second-order valence-corrected chi connectivity index (χ2v) is 5.99. The number of thiazole rings is 1. The number of hydrogen-bond acceptors (Lipinski definition) is 4. The molecule has 0 saturated heterocycles. The molecule has 17 heavy (non-hydrogen) atoms. The number of nitrogens with two attached hydrogens (primary N) is 1. The average molecular weight is 255 g/mol. The van der Waals surface area contributed by atoms with Crippen molar-refractivity contribution in [3.63, 3.8) is 0 Å². The highest BCUT2D eigenvalue weighted by Crippen LogP contribution is 2.19. The normalized spacial score (nSPS) is 12.8. The Morgan fingerprint density at radius 3 is 2.76 bits per heavy atom. The van der Waals surface area contributed by atoms with Crippen LogP contribution >= 0.6 is 11.3 Å². The van der Waals surface area contributed by atoms with Crippen LogP contribution in [-0.4, -0.2) is 17.4 Å². The van der Waals surface area contributed by atoms with E-state index in [2.05, 4.69) is 24.1 Å². The monoisotopic (exact) mass is 255 g/mol. The molecule has 1 amide bonds. The first-order valence-corrected chi connectivity index (χ1v) is 6.75. The fourth-order valence-corrected chi connectivity index (χ4v) is 2.46. The van der Waals surface area contributed by atoms with Crippen molar-refractivity contribution in [3.05, 3.63) is 11.1 Å². The lowest BCUT2D eigenvalue weighted by Gasteiger charge is -2.15. The van der Waals surface area contributed by atoms with Gasteiger partial charge < -0.3 is 11.1 Å². The molecular formula is C12H21N3OS. The van der Waals surface area contributed by atoms with Crippen LogP contribution in [0.5, 0.6) is 0 Å². The minimum atomic E-state index is 0.00968. The molecule has 0 saturated carbocycles. The zero-order chi connectivity index (χ0) is 12.8. The third-order valence-corrected chi connectivity index (χ3v) is 3.31. The van der Waals surface area contributed by atoms with Gasteiger partial charge in [-0.25, -0.2) is 4.98 Å². The number of hydrogen-bond donors (Lipinski definition) is 2. The van der Waals surface area contributed by atoms with E-state index in [-0.39, 0.29) is 11.8 Å². The zero-order valence-corrected chi connectivity index (χ0v) is 11.5. The lowest BCUT2D eigenvalue weighted by molar-refractivity contribution is -0.117. The number of aryl methyl sites for hydroxylation is 1. The second-order valence-electron chi connectivity index (χ2n) is 4.76. The highest BCUT2D eigenvalue weighted by molar-refractivity contribution is 7.15. The van der Waals surface area contributed by atoms with Crippen LogP contribution in [0.1, 0.15) is 31.6 Å². The van der Waals surface area contributed by atoms with Crippen LogP contribution in [0.2, 0.25) is 0 Å². The molecule has 0 aromatic carbocycles. The summed E-state index contributed by atoms with van der Waals surface area (Å²) in [5.74, 6) is 0.838. The molecule has 0 aliphatic heterocycles. The van der Waals surface area contributed by atoms with Gasteiger partial charge in [0.2, 0.25) is 5.91 Å². The minimum Gasteiger partial charge on any atom is -0.330 e. The fourth-order valence-electron chi connectivity index (χ4n) is 1.77. The fraction of sp³-hybridized carbons (Fsp3) is 0.667. The molecule has 4 nitrogen and oxygen atoms in total. The van der Waals surface area contributed by atoms with E-state index in [1.54, 1.807) is 6.20 Å². The van der Waals surface area contributed by atoms with Crippen molar-refractivity contribution in [2.45, 2.75) is 33.6 Å². The average Bonchev–Trinajstić information content (AvgIpc) is 2.62. The highest BCUT2D eigenvalue weighted by atomic mass is 32.1. The smallest absolute Gasteiger partial charge is 0.226 e. The van der Waals surface area contributed by atoms with Crippen LogP contribution in [0, 0.1) is 18.8 Å². The number of aromatic nitrogens is 1. The van der Waals surface area contributed by atoms with Crippen molar-refractivity contribution < 1.29 is 4.79 Å². The first-order valence-electron chi connectivity index (χ1n) is 5.93. The van der Waals surface area contributed by atoms with Crippen LogP contribution < -0.4 is 11.1 Å². The largest absolute Gasteiger partial charge is 0.330 e. The molecule has 1 aromatic heterocycles. The second kappa shape index (κ2) is 6.71. The minimum absolute atomic E-state index is 0.00968. The number of rotatable bonds is 6. The van der Waals surface area contributed by atoms with Crippen molar-refractivity contribution in [2.24, 2.45) is 17.6 Å². The summed E-state index contributed by atoms with van der Waals surface area (Å²) >= 11 is 1.49. The van der Waals surface area contributed by atoms with Crippen molar-refractivity contribution >= 4 is 22.4 Å². The Bertz CT molecular complexity index is 362. The number of anilines is 1. The molecule has 5 heteroatoms. The molecule has 3 N–H and O–H groups in total. The van der Waals surface area contributed by atoms with E-state index >= 15 is 0 Å². The van der Waals surface area contributed by atoms with Gasteiger partial charge in [0.05, 0.1) is 0 Å². The van der Waals surface area contributed by atoms with E-state index in [1.807, 2.05) is 6.92 Å². The quantitative estimate of drug-likeness (QED) is 0.820. The zero-order valence-electron chi connectivity index (χ0n) is 10.7. The Labute approximate surface area is 107 Å². The van der Waals surface area contributed by atoms with Gasteiger partial charge in [0.15, 0.2) is 5.13 Å². The van der Waals surface area contributed by atoms with Crippen molar-refractivity contribution in [3.8, 4) is 0 Å². The van der Waals surface area contributed by atoms with Crippen LogP contribution in [0.15, 0.2) is 6.20 Å². The first kappa shape index (κ1) is 14.1. The molecule has 1 atom stereocenters. The molecular weight excluding hydrogens is 234 g/mol. The standard InChI is InChI=1S/C12H21N3OS/c1-8(2)4-10(6-13)5-11(16)15-12-14-7-9(3)17-12/h7-8,10H,4-6,13H2,1-3H3,(H,14,15,16)/t10-/m0/s1. The van der Waals surface area contributed by atoms with E-state index in [0.29, 0.717) is 24.0 Å². The maximum absolute atomic E-state index is 11.8. The summed E-state index contributed by atoms with van der Waals surface area (Å²) in [6.45, 7) is 6.81. The summed E-state index contributed by atoms with van der Waals surface area (Å²) in [5, 5.41) is 3.49. The molecule has 0 bridgehead atoms. The number of amides is 1. The maximum atomic E-state index is 11.8. The Balaban J connectivity index is 2.42. The van der Waals surface area contributed by atoms with E-state index in [0.717, 1.165) is 11.3 Å². The summed E-state index contributed by atoms with van der Waals surface area (Å²) in [6.07, 6.45) is 3.23. The van der Waals surface area contributed by atoms with Gasteiger partial charge in [-0.3, -0.25) is 4.79 Å². The van der Waals surface area contributed by atoms with Gasteiger partial charge in [-0.05, 0) is 31.7 Å². The lowest BCUT2D eigenvalue weighted by atomic mass is 9.94. The Hall–Kier alpha value is -0.940. The van der Waals surface area contributed by atoms with Gasteiger partial charge in [0, 0.05) is 17.5 Å². The summed E-state index contributed by atoms with van der Waals surface area (Å²) in [7, 11) is 0. The predicted octanol–water partition coefficient (Wildman–Crippen LogP) is 2.40. The number of carbonyl (C=O) groups excluding carboxylic acids is 1. The lowest BCUT2D eigenvalue weighted by Crippen LogP contribution is -2.23. The van der Waals surface area contributed by atoms with Crippen LogP contribution in [-0.2, 0) is 4.79 Å². The Kier molecular flexibility index (Phi) is 5.58. The molecule has 0 aliphatic rings. The first-order chi connectivity index (χ1) is 8.01. The molecule has 96 valence electrons. The summed E-state index contributed by atoms with van der Waals surface area (Å²) < 4.78 is 0. The topological polar surface area (TPSA) is 68.0 Å². The Morgan fingerprint density at radius 2 is 2.29 bits per heavy atom. The third-order valence-electron chi connectivity index (χ3n) is 2.48. The van der Waals surface area contributed by atoms with Crippen LogP contribution in [0.3, 0.4) is 0 Å². The molecule has 0 spiro atoms. The van der Waals surface area contributed by atoms with Crippen LogP contribution in [0.25, 0.3) is 0 Å². The molecule has 0 radical (unpaired) electrons. The van der Waals surface area contributed by atoms with Crippen LogP contribution in [0.4, 0.5) is 5.13 Å². The molecule has 0 fully saturated rings. The van der Waals surface area contributed by atoms with Crippen molar-refractivity contribution in [1.29, 1.82) is 0 Å². The number of carbonyl (C=O) groups is 1. The van der Waals surface area contributed by atoms with Gasteiger partial charge in [0.25, 0.3) is 0 Å². The predicted molar refractivity (Wildman–Crippen MR) is 72.1 cm³/mol. The maximum Gasteiger partial charge on any atom is 0.226 e. The number of nitrogens with one attached hydrogen (secondary N) is 1. The van der Waals surface area contributed by atoms with E-state index in [1.165, 1.54) is 11.3 Å². The van der Waals surface area contributed by atoms with Crippen molar-refractivity contribution in [1.82, 2.24) is 4.98 Å². The molecule has 1 rings (SSSR count). The molecule has 0 unspecified atom stereocenters. The highest BCUT2D eigenvalue weighted by Gasteiger charge is 2.14. The summed E-state index contributed by atoms with van der Waals surface area (Å²) in [5.41, 5.74) is 5.67.